The van der Waals surface area contributed by atoms with Gasteiger partial charge in [0.15, 0.2) is 5.78 Å². The second kappa shape index (κ2) is 5.21. The molecule has 2 aromatic rings. The quantitative estimate of drug-likeness (QED) is 0.668. The minimum absolute atomic E-state index is 0.0673. The van der Waals surface area contributed by atoms with Crippen LogP contribution in [0.1, 0.15) is 15.9 Å². The third-order valence-electron chi connectivity index (χ3n) is 3.26. The Balaban J connectivity index is 1.63. The Kier molecular flexibility index (Phi) is 3.25. The van der Waals surface area contributed by atoms with E-state index in [1.807, 2.05) is 60.7 Å². The number of rotatable bonds is 4. The van der Waals surface area contributed by atoms with E-state index in [1.165, 1.54) is 0 Å². The molecule has 19 heavy (non-hydrogen) atoms. The second-order valence-corrected chi connectivity index (χ2v) is 4.67. The zero-order valence-electron chi connectivity index (χ0n) is 10.5. The summed E-state index contributed by atoms with van der Waals surface area (Å²) in [7, 11) is 0. The zero-order valence-corrected chi connectivity index (χ0v) is 10.5. The van der Waals surface area contributed by atoms with Gasteiger partial charge in [0.2, 0.25) is 0 Å². The van der Waals surface area contributed by atoms with Crippen LogP contribution >= 0.6 is 0 Å². The van der Waals surface area contributed by atoms with Crippen molar-refractivity contribution in [1.29, 1.82) is 0 Å². The molecule has 2 aromatic carbocycles. The molecule has 0 amide bonds. The molecule has 0 aromatic heterocycles. The van der Waals surface area contributed by atoms with Gasteiger partial charge in [0.1, 0.15) is 0 Å². The molecule has 1 aliphatic heterocycles. The molecule has 0 radical (unpaired) electrons. The van der Waals surface area contributed by atoms with Gasteiger partial charge in [-0.05, 0) is 5.56 Å². The molecule has 1 N–H and O–H groups in total. The first-order valence-corrected chi connectivity index (χ1v) is 6.43. The summed E-state index contributed by atoms with van der Waals surface area (Å²) in [5.41, 5.74) is 1.93. The summed E-state index contributed by atoms with van der Waals surface area (Å²) >= 11 is 0. The van der Waals surface area contributed by atoms with Crippen LogP contribution in [0.5, 0.6) is 0 Å². The molecular weight excluding hydrogens is 234 g/mol. The highest BCUT2D eigenvalue weighted by Crippen LogP contribution is 2.19. The molecule has 0 unspecified atom stereocenters. The number of carbonyl (C=O) groups is 1. The highest BCUT2D eigenvalue weighted by atomic mass is 16.1. The van der Waals surface area contributed by atoms with E-state index >= 15 is 0 Å². The molecule has 2 heteroatoms. The first-order valence-electron chi connectivity index (χ1n) is 6.43. The SMILES string of the molecule is O=C(c1ccccc1)[C@H]1N[C@@H]1/C=C/c1ccccc1. The van der Waals surface area contributed by atoms with Crippen LogP contribution in [-0.4, -0.2) is 17.9 Å². The van der Waals surface area contributed by atoms with Crippen molar-refractivity contribution in [2.75, 3.05) is 0 Å². The molecule has 1 fully saturated rings. The van der Waals surface area contributed by atoms with Gasteiger partial charge in [0.25, 0.3) is 0 Å². The number of hydrogen-bond acceptors (Lipinski definition) is 2. The van der Waals surface area contributed by atoms with Crippen molar-refractivity contribution in [3.8, 4) is 0 Å². The Morgan fingerprint density at radius 1 is 0.947 bits per heavy atom. The summed E-state index contributed by atoms with van der Waals surface area (Å²) in [6.45, 7) is 0. The number of ketones is 1. The summed E-state index contributed by atoms with van der Waals surface area (Å²) in [4.78, 5) is 12.1. The van der Waals surface area contributed by atoms with Crippen molar-refractivity contribution in [2.45, 2.75) is 12.1 Å². The summed E-state index contributed by atoms with van der Waals surface area (Å²) in [6.07, 6.45) is 4.11. The lowest BCUT2D eigenvalue weighted by atomic mass is 10.1. The number of hydrogen-bond donors (Lipinski definition) is 1. The molecule has 1 aliphatic rings. The van der Waals surface area contributed by atoms with Crippen molar-refractivity contribution in [3.63, 3.8) is 0 Å². The maximum Gasteiger partial charge on any atom is 0.181 e. The summed E-state index contributed by atoms with van der Waals surface area (Å²) in [5.74, 6) is 0.170. The Labute approximate surface area is 112 Å². The van der Waals surface area contributed by atoms with Crippen LogP contribution in [-0.2, 0) is 0 Å². The lowest BCUT2D eigenvalue weighted by Crippen LogP contribution is -2.10. The van der Waals surface area contributed by atoms with E-state index in [9.17, 15) is 4.79 Å². The summed E-state index contributed by atoms with van der Waals surface area (Å²) in [6, 6.07) is 19.6. The highest BCUT2D eigenvalue weighted by Gasteiger charge is 2.40. The van der Waals surface area contributed by atoms with E-state index < -0.39 is 0 Å². The number of benzene rings is 2. The van der Waals surface area contributed by atoms with Crippen LogP contribution in [0.25, 0.3) is 6.08 Å². The van der Waals surface area contributed by atoms with Gasteiger partial charge < -0.3 is 0 Å². The smallest absolute Gasteiger partial charge is 0.181 e. The average Bonchev–Trinajstić information content (AvgIpc) is 3.26. The molecule has 0 aliphatic carbocycles. The predicted molar refractivity (Wildman–Crippen MR) is 77.0 cm³/mol. The monoisotopic (exact) mass is 249 g/mol. The van der Waals surface area contributed by atoms with Gasteiger partial charge in [-0.25, -0.2) is 0 Å². The molecule has 1 saturated heterocycles. The highest BCUT2D eigenvalue weighted by molar-refractivity contribution is 6.02. The van der Waals surface area contributed by atoms with Gasteiger partial charge in [-0.3, -0.25) is 10.1 Å². The van der Waals surface area contributed by atoms with E-state index in [2.05, 4.69) is 17.5 Å². The van der Waals surface area contributed by atoms with Crippen molar-refractivity contribution in [2.24, 2.45) is 0 Å². The molecular formula is C17H15NO. The van der Waals surface area contributed by atoms with Gasteiger partial charge >= 0.3 is 0 Å². The predicted octanol–water partition coefficient (Wildman–Crippen LogP) is 2.92. The molecule has 94 valence electrons. The van der Waals surface area contributed by atoms with Crippen molar-refractivity contribution < 1.29 is 4.79 Å². The summed E-state index contributed by atoms with van der Waals surface area (Å²) < 4.78 is 0. The lowest BCUT2D eigenvalue weighted by Gasteiger charge is -1.96. The maximum absolute atomic E-state index is 12.1. The van der Waals surface area contributed by atoms with Gasteiger partial charge in [0, 0.05) is 11.6 Å². The molecule has 2 nitrogen and oxygen atoms in total. The number of Topliss-reactive ketones (excluding diaryl/α,β-unsaturated/α-hetero) is 1. The van der Waals surface area contributed by atoms with Crippen LogP contribution in [0.3, 0.4) is 0 Å². The van der Waals surface area contributed by atoms with Gasteiger partial charge in [-0.15, -0.1) is 0 Å². The Bertz CT molecular complexity index is 589. The minimum Gasteiger partial charge on any atom is -0.297 e. The average molecular weight is 249 g/mol. The molecule has 2 atom stereocenters. The van der Waals surface area contributed by atoms with Crippen molar-refractivity contribution in [1.82, 2.24) is 5.32 Å². The van der Waals surface area contributed by atoms with E-state index in [-0.39, 0.29) is 17.9 Å². The fourth-order valence-corrected chi connectivity index (χ4v) is 2.12. The fraction of sp³-hybridized carbons (Fsp3) is 0.118. The summed E-state index contributed by atoms with van der Waals surface area (Å²) in [5, 5.41) is 3.20. The van der Waals surface area contributed by atoms with Crippen molar-refractivity contribution >= 4 is 11.9 Å². The standard InChI is InChI=1S/C17H15NO/c19-17(14-9-5-2-6-10-14)16-15(18-16)12-11-13-7-3-1-4-8-13/h1-12,15-16,18H/b12-11+/t15-,16+/m1/s1. The van der Waals surface area contributed by atoms with Crippen LogP contribution in [0.4, 0.5) is 0 Å². The normalized spacial score (nSPS) is 21.5. The van der Waals surface area contributed by atoms with Gasteiger partial charge in [-0.2, -0.15) is 0 Å². The van der Waals surface area contributed by atoms with Crippen LogP contribution < -0.4 is 5.32 Å². The molecule has 0 spiro atoms. The largest absolute Gasteiger partial charge is 0.297 e. The lowest BCUT2D eigenvalue weighted by molar-refractivity contribution is 0.0989. The minimum atomic E-state index is -0.0673. The van der Waals surface area contributed by atoms with Gasteiger partial charge in [0.05, 0.1) is 6.04 Å². The molecule has 1 heterocycles. The van der Waals surface area contributed by atoms with E-state index in [1.54, 1.807) is 0 Å². The topological polar surface area (TPSA) is 39.0 Å². The van der Waals surface area contributed by atoms with Crippen LogP contribution in [0, 0.1) is 0 Å². The van der Waals surface area contributed by atoms with Crippen LogP contribution in [0.2, 0.25) is 0 Å². The zero-order chi connectivity index (χ0) is 13.1. The number of nitrogens with one attached hydrogen (secondary N) is 1. The molecule has 3 rings (SSSR count). The van der Waals surface area contributed by atoms with E-state index in [0.717, 1.165) is 11.1 Å². The Morgan fingerprint density at radius 2 is 1.58 bits per heavy atom. The van der Waals surface area contributed by atoms with Crippen molar-refractivity contribution in [3.05, 3.63) is 77.9 Å². The molecule has 0 saturated carbocycles. The third-order valence-corrected chi connectivity index (χ3v) is 3.26. The van der Waals surface area contributed by atoms with E-state index in [0.29, 0.717) is 0 Å². The first-order chi connectivity index (χ1) is 9.34. The Morgan fingerprint density at radius 3 is 2.26 bits per heavy atom. The number of carbonyl (C=O) groups excluding carboxylic acids is 1. The Hall–Kier alpha value is -2.19. The van der Waals surface area contributed by atoms with E-state index in [4.69, 9.17) is 0 Å². The van der Waals surface area contributed by atoms with Crippen LogP contribution in [0.15, 0.2) is 66.7 Å². The third kappa shape index (κ3) is 2.80. The second-order valence-electron chi connectivity index (χ2n) is 4.67. The first kappa shape index (κ1) is 11.9. The van der Waals surface area contributed by atoms with Gasteiger partial charge in [-0.1, -0.05) is 72.8 Å². The fourth-order valence-electron chi connectivity index (χ4n) is 2.12. The maximum atomic E-state index is 12.1. The molecule has 0 bridgehead atoms.